The minimum atomic E-state index is -0.0747. The van der Waals surface area contributed by atoms with Crippen LogP contribution in [0, 0.1) is 11.8 Å². The first-order chi connectivity index (χ1) is 5.27. The summed E-state index contributed by atoms with van der Waals surface area (Å²) < 4.78 is 0. The number of aliphatic hydroxyl groups excluding tert-OH is 1. The van der Waals surface area contributed by atoms with E-state index in [0.717, 1.165) is 18.3 Å². The lowest BCUT2D eigenvalue weighted by atomic mass is 9.80. The number of fused-ring (bicyclic) bond motifs is 1. The van der Waals surface area contributed by atoms with Gasteiger partial charge in [-0.1, -0.05) is 35.2 Å². The Bertz CT molecular complexity index is 132. The molecule has 11 heavy (non-hydrogen) atoms. The smallest absolute Gasteiger partial charge is 0.0668 e. The molecule has 0 amide bonds. The zero-order valence-electron chi connectivity index (χ0n) is 6.67. The lowest BCUT2D eigenvalue weighted by molar-refractivity contribution is 0.0892. The van der Waals surface area contributed by atoms with Gasteiger partial charge in [0.05, 0.1) is 6.10 Å². The van der Waals surface area contributed by atoms with Crippen molar-refractivity contribution in [2.24, 2.45) is 11.8 Å². The van der Waals surface area contributed by atoms with Gasteiger partial charge in [-0.3, -0.25) is 0 Å². The highest BCUT2D eigenvalue weighted by atomic mass is 79.9. The van der Waals surface area contributed by atoms with Crippen LogP contribution in [0.25, 0.3) is 0 Å². The second kappa shape index (κ2) is 3.06. The summed E-state index contributed by atoms with van der Waals surface area (Å²) in [5.41, 5.74) is 0. The van der Waals surface area contributed by atoms with E-state index < -0.39 is 0 Å². The third-order valence-electron chi connectivity index (χ3n) is 3.31. The maximum Gasteiger partial charge on any atom is 0.0668 e. The maximum atomic E-state index is 9.58. The molecule has 0 aromatic carbocycles. The van der Waals surface area contributed by atoms with Crippen LogP contribution in [0.15, 0.2) is 0 Å². The predicted octanol–water partition coefficient (Wildman–Crippen LogP) is 2.32. The van der Waals surface area contributed by atoms with E-state index in [1.54, 1.807) is 0 Å². The summed E-state index contributed by atoms with van der Waals surface area (Å²) in [7, 11) is 0. The second-order valence-corrected chi connectivity index (χ2v) is 5.18. The summed E-state index contributed by atoms with van der Waals surface area (Å²) in [4.78, 5) is 0.377. The highest BCUT2D eigenvalue weighted by molar-refractivity contribution is 9.09. The van der Waals surface area contributed by atoms with Crippen molar-refractivity contribution in [3.8, 4) is 0 Å². The molecule has 0 saturated heterocycles. The Kier molecular flexibility index (Phi) is 2.24. The van der Waals surface area contributed by atoms with Crippen LogP contribution in [0.5, 0.6) is 0 Å². The molecule has 64 valence electrons. The zero-order chi connectivity index (χ0) is 7.84. The monoisotopic (exact) mass is 218 g/mol. The Hall–Kier alpha value is 0.440. The number of aliphatic hydroxyl groups is 1. The van der Waals surface area contributed by atoms with E-state index in [0.29, 0.717) is 4.83 Å². The first kappa shape index (κ1) is 8.06. The Morgan fingerprint density at radius 3 is 2.45 bits per heavy atom. The fourth-order valence-corrected chi connectivity index (χ4v) is 3.33. The standard InChI is InChI=1S/C9H15BrO/c10-8-4-6-2-1-3-7(6)5-9(8)11/h6-9,11H,1-5H2/t6-,7-,8+,9+/m0/s1. The fraction of sp³-hybridized carbons (Fsp3) is 1.00. The van der Waals surface area contributed by atoms with Crippen molar-refractivity contribution in [2.45, 2.75) is 43.0 Å². The quantitative estimate of drug-likeness (QED) is 0.620. The van der Waals surface area contributed by atoms with Gasteiger partial charge in [0.15, 0.2) is 0 Å². The van der Waals surface area contributed by atoms with Crippen LogP contribution in [0.1, 0.15) is 32.1 Å². The molecule has 2 heteroatoms. The van der Waals surface area contributed by atoms with Gasteiger partial charge < -0.3 is 5.11 Å². The van der Waals surface area contributed by atoms with E-state index in [4.69, 9.17) is 0 Å². The van der Waals surface area contributed by atoms with Crippen molar-refractivity contribution in [3.63, 3.8) is 0 Å². The number of halogens is 1. The average Bonchev–Trinajstić information content (AvgIpc) is 2.36. The van der Waals surface area contributed by atoms with Crippen LogP contribution in [-0.4, -0.2) is 16.0 Å². The van der Waals surface area contributed by atoms with Crippen molar-refractivity contribution in [1.82, 2.24) is 0 Å². The minimum absolute atomic E-state index is 0.0747. The number of hydrogen-bond donors (Lipinski definition) is 1. The normalized spacial score (nSPS) is 50.7. The van der Waals surface area contributed by atoms with E-state index in [2.05, 4.69) is 15.9 Å². The highest BCUT2D eigenvalue weighted by Gasteiger charge is 2.37. The molecular formula is C9H15BrO. The lowest BCUT2D eigenvalue weighted by Crippen LogP contribution is -2.33. The average molecular weight is 219 g/mol. The topological polar surface area (TPSA) is 20.2 Å². The summed E-state index contributed by atoms with van der Waals surface area (Å²) in [5, 5.41) is 9.58. The molecule has 0 aromatic rings. The number of rotatable bonds is 0. The predicted molar refractivity (Wildman–Crippen MR) is 48.8 cm³/mol. The highest BCUT2D eigenvalue weighted by Crippen LogP contribution is 2.43. The molecule has 0 spiro atoms. The van der Waals surface area contributed by atoms with Gasteiger partial charge in [-0.25, -0.2) is 0 Å². The van der Waals surface area contributed by atoms with Crippen LogP contribution < -0.4 is 0 Å². The molecule has 0 bridgehead atoms. The Balaban J connectivity index is 2.00. The Morgan fingerprint density at radius 1 is 1.09 bits per heavy atom. The van der Waals surface area contributed by atoms with E-state index in [1.807, 2.05) is 0 Å². The van der Waals surface area contributed by atoms with E-state index in [9.17, 15) is 5.11 Å². The SMILES string of the molecule is O[C@@H]1C[C@@H]2CCC[C@H]2C[C@H]1Br. The van der Waals surface area contributed by atoms with Gasteiger partial charge in [-0.2, -0.15) is 0 Å². The molecule has 2 rings (SSSR count). The number of hydrogen-bond acceptors (Lipinski definition) is 1. The molecule has 2 fully saturated rings. The molecule has 4 atom stereocenters. The van der Waals surface area contributed by atoms with Crippen LogP contribution in [0.4, 0.5) is 0 Å². The van der Waals surface area contributed by atoms with Gasteiger partial charge in [-0.15, -0.1) is 0 Å². The molecule has 2 saturated carbocycles. The molecular weight excluding hydrogens is 204 g/mol. The molecule has 0 radical (unpaired) electrons. The molecule has 0 heterocycles. The molecule has 2 aliphatic carbocycles. The van der Waals surface area contributed by atoms with E-state index >= 15 is 0 Å². The Morgan fingerprint density at radius 2 is 1.73 bits per heavy atom. The first-order valence-electron chi connectivity index (χ1n) is 4.59. The van der Waals surface area contributed by atoms with Gasteiger partial charge in [0.25, 0.3) is 0 Å². The van der Waals surface area contributed by atoms with E-state index in [1.165, 1.54) is 25.7 Å². The lowest BCUT2D eigenvalue weighted by Gasteiger charge is -2.32. The summed E-state index contributed by atoms with van der Waals surface area (Å²) in [6.07, 6.45) is 6.32. The van der Waals surface area contributed by atoms with Crippen LogP contribution in [-0.2, 0) is 0 Å². The molecule has 1 nitrogen and oxygen atoms in total. The largest absolute Gasteiger partial charge is 0.392 e. The van der Waals surface area contributed by atoms with Gasteiger partial charge >= 0.3 is 0 Å². The molecule has 0 unspecified atom stereocenters. The number of alkyl halides is 1. The van der Waals surface area contributed by atoms with Crippen molar-refractivity contribution >= 4 is 15.9 Å². The van der Waals surface area contributed by atoms with Gasteiger partial charge in [0.1, 0.15) is 0 Å². The molecule has 1 N–H and O–H groups in total. The van der Waals surface area contributed by atoms with Crippen LogP contribution >= 0.6 is 15.9 Å². The third kappa shape index (κ3) is 1.48. The van der Waals surface area contributed by atoms with Crippen molar-refractivity contribution in [2.75, 3.05) is 0 Å². The van der Waals surface area contributed by atoms with Gasteiger partial charge in [0.2, 0.25) is 0 Å². The van der Waals surface area contributed by atoms with Crippen molar-refractivity contribution < 1.29 is 5.11 Å². The molecule has 0 aromatic heterocycles. The van der Waals surface area contributed by atoms with E-state index in [-0.39, 0.29) is 6.10 Å². The minimum Gasteiger partial charge on any atom is -0.392 e. The zero-order valence-corrected chi connectivity index (χ0v) is 8.26. The second-order valence-electron chi connectivity index (χ2n) is 4.01. The fourth-order valence-electron chi connectivity index (χ4n) is 2.64. The molecule has 0 aliphatic heterocycles. The summed E-state index contributed by atoms with van der Waals surface area (Å²) in [6.45, 7) is 0. The molecule has 2 aliphatic rings. The summed E-state index contributed by atoms with van der Waals surface area (Å²) >= 11 is 3.54. The summed E-state index contributed by atoms with van der Waals surface area (Å²) in [5.74, 6) is 1.77. The van der Waals surface area contributed by atoms with Gasteiger partial charge in [0, 0.05) is 4.83 Å². The third-order valence-corrected chi connectivity index (χ3v) is 4.29. The van der Waals surface area contributed by atoms with Crippen LogP contribution in [0.3, 0.4) is 0 Å². The van der Waals surface area contributed by atoms with Gasteiger partial charge in [-0.05, 0) is 24.7 Å². The van der Waals surface area contributed by atoms with Crippen molar-refractivity contribution in [3.05, 3.63) is 0 Å². The maximum absolute atomic E-state index is 9.58. The Labute approximate surface area is 76.3 Å². The van der Waals surface area contributed by atoms with Crippen LogP contribution in [0.2, 0.25) is 0 Å². The summed E-state index contributed by atoms with van der Waals surface area (Å²) in [6, 6.07) is 0. The first-order valence-corrected chi connectivity index (χ1v) is 5.51. The van der Waals surface area contributed by atoms with Crippen molar-refractivity contribution in [1.29, 1.82) is 0 Å².